The van der Waals surface area contributed by atoms with Crippen molar-refractivity contribution in [3.63, 3.8) is 0 Å². The largest absolute Gasteiger partial charge is 0.389 e. The van der Waals surface area contributed by atoms with E-state index in [2.05, 4.69) is 27.9 Å². The topological polar surface area (TPSA) is 12.0 Å². The minimum absolute atomic E-state index is 0.0991. The summed E-state index contributed by atoms with van der Waals surface area (Å²) < 4.78 is 37.3. The molecule has 0 heterocycles. The van der Waals surface area contributed by atoms with Crippen molar-refractivity contribution >= 4 is 34.2 Å². The van der Waals surface area contributed by atoms with Crippen molar-refractivity contribution < 1.29 is 13.2 Å². The molecule has 0 radical (unpaired) electrons. The molecule has 0 aromatic heterocycles. The highest BCUT2D eigenvalue weighted by Crippen LogP contribution is 2.29. The molecule has 1 aromatic rings. The lowest BCUT2D eigenvalue weighted by Gasteiger charge is -2.19. The average Bonchev–Trinajstić information content (AvgIpc) is 2.27. The average molecular weight is 392 g/mol. The van der Waals surface area contributed by atoms with Crippen LogP contribution in [0.25, 0.3) is 0 Å². The Kier molecular flexibility index (Phi) is 6.20. The molecular weight excluding hydrogens is 377 g/mol. The van der Waals surface area contributed by atoms with Gasteiger partial charge in [0.05, 0.1) is 0 Å². The molecule has 0 bridgehead atoms. The van der Waals surface area contributed by atoms with E-state index in [-0.39, 0.29) is 12.5 Å². The highest BCUT2D eigenvalue weighted by molar-refractivity contribution is 14.1. The van der Waals surface area contributed by atoms with E-state index < -0.39 is 12.6 Å². The Balaban J connectivity index is 2.68. The number of hydrogen-bond acceptors (Lipinski definition) is 1. The summed E-state index contributed by atoms with van der Waals surface area (Å²) in [5.41, 5.74) is 0.952. The van der Waals surface area contributed by atoms with Crippen molar-refractivity contribution in [3.8, 4) is 0 Å². The van der Waals surface area contributed by atoms with Gasteiger partial charge in [-0.2, -0.15) is 13.2 Å². The van der Waals surface area contributed by atoms with Crippen molar-refractivity contribution in [1.29, 1.82) is 0 Å². The summed E-state index contributed by atoms with van der Waals surface area (Å²) in [5.74, 6) is 0. The summed E-state index contributed by atoms with van der Waals surface area (Å²) >= 11 is 8.08. The first-order chi connectivity index (χ1) is 8.33. The molecule has 0 aliphatic heterocycles. The van der Waals surface area contributed by atoms with Gasteiger partial charge in [-0.1, -0.05) is 11.6 Å². The number of halogens is 5. The minimum Gasteiger partial charge on any atom is -0.313 e. The Bertz CT molecular complexity index is 395. The molecule has 0 amide bonds. The van der Waals surface area contributed by atoms with E-state index in [9.17, 15) is 13.2 Å². The van der Waals surface area contributed by atoms with E-state index in [1.165, 1.54) is 0 Å². The zero-order chi connectivity index (χ0) is 13.8. The summed E-state index contributed by atoms with van der Waals surface area (Å²) in [6.45, 7) is 0. The molecule has 0 aliphatic rings. The maximum absolute atomic E-state index is 12.1. The van der Waals surface area contributed by atoms with Crippen LogP contribution in [0, 0.1) is 3.57 Å². The van der Waals surface area contributed by atoms with E-state index in [0.717, 1.165) is 9.13 Å². The molecule has 0 aliphatic carbocycles. The fourth-order valence-electron chi connectivity index (χ4n) is 1.74. The van der Waals surface area contributed by atoms with Gasteiger partial charge in [0.1, 0.15) is 0 Å². The maximum Gasteiger partial charge on any atom is 0.389 e. The predicted octanol–water partition coefficient (Wildman–Crippen LogP) is 4.94. The Morgan fingerprint density at radius 3 is 2.61 bits per heavy atom. The first kappa shape index (κ1) is 16.0. The lowest BCUT2D eigenvalue weighted by atomic mass is 10.0. The molecule has 1 N–H and O–H groups in total. The van der Waals surface area contributed by atoms with E-state index >= 15 is 0 Å². The fraction of sp³-hybridized carbons (Fsp3) is 0.500. The van der Waals surface area contributed by atoms with Crippen molar-refractivity contribution in [2.75, 3.05) is 7.05 Å². The Morgan fingerprint density at radius 1 is 1.39 bits per heavy atom. The Morgan fingerprint density at radius 2 is 2.06 bits per heavy atom. The Hall–Kier alpha value is -0.0100. The third-order valence-corrected chi connectivity index (χ3v) is 3.85. The SMILES string of the molecule is CNC(CCCC(F)(F)F)c1cc(Cl)ccc1I. The molecule has 102 valence electrons. The van der Waals surface area contributed by atoms with Crippen LogP contribution in [-0.2, 0) is 0 Å². The monoisotopic (exact) mass is 391 g/mol. The molecule has 18 heavy (non-hydrogen) atoms. The molecule has 0 spiro atoms. The smallest absolute Gasteiger partial charge is 0.313 e. The predicted molar refractivity (Wildman–Crippen MR) is 75.9 cm³/mol. The summed E-state index contributed by atoms with van der Waals surface area (Å²) in [5, 5.41) is 3.64. The van der Waals surface area contributed by atoms with E-state index in [1.54, 1.807) is 19.2 Å². The summed E-state index contributed by atoms with van der Waals surface area (Å²) in [6, 6.07) is 5.34. The van der Waals surface area contributed by atoms with E-state index in [4.69, 9.17) is 11.6 Å². The van der Waals surface area contributed by atoms with Crippen LogP contribution in [0.2, 0.25) is 5.02 Å². The molecule has 1 aromatic carbocycles. The van der Waals surface area contributed by atoms with Crippen molar-refractivity contribution in [1.82, 2.24) is 5.32 Å². The molecule has 6 heteroatoms. The zero-order valence-corrected chi connectivity index (χ0v) is 12.7. The van der Waals surface area contributed by atoms with Crippen molar-refractivity contribution in [3.05, 3.63) is 32.4 Å². The van der Waals surface area contributed by atoms with Crippen LogP contribution in [0.4, 0.5) is 13.2 Å². The van der Waals surface area contributed by atoms with Gasteiger partial charge < -0.3 is 5.32 Å². The third-order valence-electron chi connectivity index (χ3n) is 2.63. The molecule has 1 unspecified atom stereocenters. The number of hydrogen-bond donors (Lipinski definition) is 1. The van der Waals surface area contributed by atoms with E-state index in [0.29, 0.717) is 11.4 Å². The third kappa shape index (κ3) is 5.32. The van der Waals surface area contributed by atoms with Gasteiger partial charge in [0, 0.05) is 21.1 Å². The second-order valence-corrected chi connectivity index (χ2v) is 5.61. The summed E-state index contributed by atoms with van der Waals surface area (Å²) in [4.78, 5) is 0. The lowest BCUT2D eigenvalue weighted by molar-refractivity contribution is -0.135. The van der Waals surface area contributed by atoms with Gasteiger partial charge in [-0.15, -0.1) is 0 Å². The van der Waals surface area contributed by atoms with Gasteiger partial charge in [0.15, 0.2) is 0 Å². The molecule has 1 atom stereocenters. The van der Waals surface area contributed by atoms with Gasteiger partial charge in [-0.05, 0) is 66.2 Å². The number of rotatable bonds is 5. The minimum atomic E-state index is -4.08. The first-order valence-electron chi connectivity index (χ1n) is 5.52. The summed E-state index contributed by atoms with van der Waals surface area (Å²) in [6.07, 6.45) is -4.29. The van der Waals surface area contributed by atoms with Crippen LogP contribution in [0.5, 0.6) is 0 Å². The molecule has 0 saturated carbocycles. The molecule has 0 fully saturated rings. The highest BCUT2D eigenvalue weighted by atomic mass is 127. The second kappa shape index (κ2) is 6.96. The van der Waals surface area contributed by atoms with Crippen molar-refractivity contribution in [2.24, 2.45) is 0 Å². The normalized spacial score (nSPS) is 13.7. The van der Waals surface area contributed by atoms with Gasteiger partial charge in [0.2, 0.25) is 0 Å². The standard InChI is InChI=1S/C12H14ClF3IN/c1-18-11(3-2-6-12(14,15)16)9-7-8(13)4-5-10(9)17/h4-5,7,11,18H,2-3,6H2,1H3. The van der Waals surface area contributed by atoms with Gasteiger partial charge in [0.25, 0.3) is 0 Å². The van der Waals surface area contributed by atoms with Gasteiger partial charge in [-0.3, -0.25) is 0 Å². The number of benzene rings is 1. The van der Waals surface area contributed by atoms with Crippen LogP contribution in [0.1, 0.15) is 30.9 Å². The van der Waals surface area contributed by atoms with Crippen LogP contribution < -0.4 is 5.32 Å². The number of nitrogens with one attached hydrogen (secondary N) is 1. The molecule has 0 saturated heterocycles. The summed E-state index contributed by atoms with van der Waals surface area (Å²) in [7, 11) is 1.75. The second-order valence-electron chi connectivity index (χ2n) is 4.01. The Labute approximate surface area is 123 Å². The van der Waals surface area contributed by atoms with E-state index in [1.807, 2.05) is 6.07 Å². The van der Waals surface area contributed by atoms with Crippen LogP contribution >= 0.6 is 34.2 Å². The molecule has 1 nitrogen and oxygen atoms in total. The van der Waals surface area contributed by atoms with Crippen LogP contribution in [0.15, 0.2) is 18.2 Å². The van der Waals surface area contributed by atoms with Gasteiger partial charge in [-0.25, -0.2) is 0 Å². The fourth-order valence-corrected chi connectivity index (χ4v) is 2.64. The van der Waals surface area contributed by atoms with Crippen LogP contribution in [-0.4, -0.2) is 13.2 Å². The van der Waals surface area contributed by atoms with Crippen molar-refractivity contribution in [2.45, 2.75) is 31.5 Å². The maximum atomic E-state index is 12.1. The number of alkyl halides is 3. The highest BCUT2D eigenvalue weighted by Gasteiger charge is 2.27. The quantitative estimate of drug-likeness (QED) is 0.701. The lowest BCUT2D eigenvalue weighted by Crippen LogP contribution is -2.18. The van der Waals surface area contributed by atoms with Crippen LogP contribution in [0.3, 0.4) is 0 Å². The first-order valence-corrected chi connectivity index (χ1v) is 6.98. The molecule has 1 rings (SSSR count). The molecular formula is C12H14ClF3IN. The zero-order valence-electron chi connectivity index (χ0n) is 9.82. The van der Waals surface area contributed by atoms with Gasteiger partial charge >= 0.3 is 6.18 Å².